The van der Waals surface area contributed by atoms with Crippen LogP contribution >= 0.6 is 0 Å². The summed E-state index contributed by atoms with van der Waals surface area (Å²) in [5.74, 6) is 0.690. The second kappa shape index (κ2) is 5.93. The maximum Gasteiger partial charge on any atom is 0.254 e. The number of aliphatic hydroxyl groups is 1. The summed E-state index contributed by atoms with van der Waals surface area (Å²) in [4.78, 5) is 19.2. The van der Waals surface area contributed by atoms with Crippen molar-refractivity contribution in [3.05, 3.63) is 35.5 Å². The van der Waals surface area contributed by atoms with Crippen molar-refractivity contribution in [2.75, 3.05) is 20.3 Å². The molecule has 0 bridgehead atoms. The Morgan fingerprint density at radius 2 is 2.27 bits per heavy atom. The lowest BCUT2D eigenvalue weighted by Gasteiger charge is -2.23. The average molecular weight is 300 g/mol. The first kappa shape index (κ1) is 14.8. The topological polar surface area (TPSA) is 62.7 Å². The Kier molecular flexibility index (Phi) is 3.98. The van der Waals surface area contributed by atoms with Crippen molar-refractivity contribution in [2.45, 2.75) is 25.8 Å². The molecule has 0 radical (unpaired) electrons. The molecule has 1 atom stereocenters. The SMILES string of the molecule is COc1ccc2c(C(=O)N3CCC[C@@H]3CO)cc(C)nc2c1. The molecule has 1 saturated heterocycles. The summed E-state index contributed by atoms with van der Waals surface area (Å²) < 4.78 is 5.23. The van der Waals surface area contributed by atoms with E-state index in [0.29, 0.717) is 12.1 Å². The van der Waals surface area contributed by atoms with E-state index in [1.807, 2.05) is 31.2 Å². The summed E-state index contributed by atoms with van der Waals surface area (Å²) >= 11 is 0. The van der Waals surface area contributed by atoms with E-state index in [-0.39, 0.29) is 18.6 Å². The van der Waals surface area contributed by atoms with E-state index in [2.05, 4.69) is 4.98 Å². The van der Waals surface area contributed by atoms with Crippen LogP contribution in [0.15, 0.2) is 24.3 Å². The third-order valence-electron chi connectivity index (χ3n) is 4.22. The van der Waals surface area contributed by atoms with Crippen molar-refractivity contribution in [1.29, 1.82) is 0 Å². The minimum absolute atomic E-state index is 0.0154. The molecule has 116 valence electrons. The molecule has 2 heterocycles. The van der Waals surface area contributed by atoms with E-state index in [9.17, 15) is 9.90 Å². The molecule has 22 heavy (non-hydrogen) atoms. The van der Waals surface area contributed by atoms with Crippen LogP contribution in [0.4, 0.5) is 0 Å². The van der Waals surface area contributed by atoms with Gasteiger partial charge in [-0.25, -0.2) is 0 Å². The third kappa shape index (κ3) is 2.52. The Bertz CT molecular complexity index is 714. The highest BCUT2D eigenvalue weighted by molar-refractivity contribution is 6.06. The van der Waals surface area contributed by atoms with Gasteiger partial charge in [-0.15, -0.1) is 0 Å². The molecule has 1 fully saturated rings. The normalized spacial score (nSPS) is 18.0. The number of carbonyl (C=O) groups excluding carboxylic acids is 1. The number of fused-ring (bicyclic) bond motifs is 1. The maximum absolute atomic E-state index is 12.9. The van der Waals surface area contributed by atoms with E-state index in [0.717, 1.165) is 35.2 Å². The van der Waals surface area contributed by atoms with Gasteiger partial charge in [0.15, 0.2) is 0 Å². The summed E-state index contributed by atoms with van der Waals surface area (Å²) in [5, 5.41) is 10.3. The second-order valence-electron chi connectivity index (χ2n) is 5.67. The van der Waals surface area contributed by atoms with Gasteiger partial charge in [0, 0.05) is 23.7 Å². The Balaban J connectivity index is 2.07. The predicted octanol–water partition coefficient (Wildman–Crippen LogP) is 2.15. The van der Waals surface area contributed by atoms with Crippen molar-refractivity contribution >= 4 is 16.8 Å². The van der Waals surface area contributed by atoms with Crippen LogP contribution < -0.4 is 4.74 Å². The number of rotatable bonds is 3. The van der Waals surface area contributed by atoms with E-state index in [1.165, 1.54) is 0 Å². The molecule has 2 aromatic rings. The number of hydrogen-bond donors (Lipinski definition) is 1. The fraction of sp³-hybridized carbons (Fsp3) is 0.412. The molecule has 1 aromatic carbocycles. The van der Waals surface area contributed by atoms with E-state index in [1.54, 1.807) is 12.0 Å². The van der Waals surface area contributed by atoms with Gasteiger partial charge >= 0.3 is 0 Å². The molecule has 1 aliphatic heterocycles. The fourth-order valence-corrected chi connectivity index (χ4v) is 3.09. The number of aromatic nitrogens is 1. The van der Waals surface area contributed by atoms with E-state index >= 15 is 0 Å². The molecule has 0 saturated carbocycles. The van der Waals surface area contributed by atoms with Gasteiger partial charge in [0.2, 0.25) is 0 Å². The first-order valence-corrected chi connectivity index (χ1v) is 7.51. The lowest BCUT2D eigenvalue weighted by Crippen LogP contribution is -2.37. The number of aliphatic hydroxyl groups excluding tert-OH is 1. The van der Waals surface area contributed by atoms with Crippen LogP contribution in [0.2, 0.25) is 0 Å². The number of amides is 1. The van der Waals surface area contributed by atoms with Crippen LogP contribution in [0, 0.1) is 6.92 Å². The molecule has 1 aromatic heterocycles. The number of carbonyl (C=O) groups is 1. The number of nitrogens with zero attached hydrogens (tertiary/aromatic N) is 2. The Labute approximate surface area is 129 Å². The molecule has 3 rings (SSSR count). The first-order chi connectivity index (χ1) is 10.6. The summed E-state index contributed by atoms with van der Waals surface area (Å²) in [6.45, 7) is 2.59. The lowest BCUT2D eigenvalue weighted by atomic mass is 10.1. The summed E-state index contributed by atoms with van der Waals surface area (Å²) in [5.41, 5.74) is 2.19. The average Bonchev–Trinajstić information content (AvgIpc) is 3.01. The summed E-state index contributed by atoms with van der Waals surface area (Å²) in [6.07, 6.45) is 1.80. The van der Waals surface area contributed by atoms with Crippen LogP contribution in [0.1, 0.15) is 28.9 Å². The monoisotopic (exact) mass is 300 g/mol. The molecular formula is C17H20N2O3. The molecule has 1 amide bonds. The van der Waals surface area contributed by atoms with Crippen molar-refractivity contribution in [3.8, 4) is 5.75 Å². The van der Waals surface area contributed by atoms with Gasteiger partial charge in [-0.05, 0) is 38.0 Å². The lowest BCUT2D eigenvalue weighted by molar-refractivity contribution is 0.0679. The van der Waals surface area contributed by atoms with Gasteiger partial charge in [-0.2, -0.15) is 0 Å². The molecule has 0 spiro atoms. The van der Waals surface area contributed by atoms with Crippen LogP contribution in [-0.2, 0) is 0 Å². The highest BCUT2D eigenvalue weighted by Gasteiger charge is 2.29. The molecule has 0 unspecified atom stereocenters. The number of likely N-dealkylation sites (tertiary alicyclic amines) is 1. The Morgan fingerprint density at radius 1 is 1.45 bits per heavy atom. The first-order valence-electron chi connectivity index (χ1n) is 7.51. The Hall–Kier alpha value is -2.14. The van der Waals surface area contributed by atoms with Gasteiger partial charge in [0.25, 0.3) is 5.91 Å². The van der Waals surface area contributed by atoms with Crippen LogP contribution in [-0.4, -0.2) is 47.2 Å². The number of hydrogen-bond acceptors (Lipinski definition) is 4. The Morgan fingerprint density at radius 3 is 3.00 bits per heavy atom. The molecule has 1 N–H and O–H groups in total. The number of ether oxygens (including phenoxy) is 1. The molecule has 5 heteroatoms. The van der Waals surface area contributed by atoms with E-state index < -0.39 is 0 Å². The number of aryl methyl sites for hydroxylation is 1. The van der Waals surface area contributed by atoms with Crippen LogP contribution in [0.25, 0.3) is 10.9 Å². The largest absolute Gasteiger partial charge is 0.497 e. The zero-order chi connectivity index (χ0) is 15.7. The van der Waals surface area contributed by atoms with Gasteiger partial charge in [-0.1, -0.05) is 0 Å². The van der Waals surface area contributed by atoms with Gasteiger partial charge < -0.3 is 14.7 Å². The zero-order valence-corrected chi connectivity index (χ0v) is 12.9. The van der Waals surface area contributed by atoms with E-state index in [4.69, 9.17) is 4.74 Å². The second-order valence-corrected chi connectivity index (χ2v) is 5.67. The van der Waals surface area contributed by atoms with Gasteiger partial charge in [0.1, 0.15) is 5.75 Å². The molecular weight excluding hydrogens is 280 g/mol. The fourth-order valence-electron chi connectivity index (χ4n) is 3.09. The van der Waals surface area contributed by atoms with Crippen molar-refractivity contribution in [2.24, 2.45) is 0 Å². The molecule has 0 aliphatic carbocycles. The highest BCUT2D eigenvalue weighted by Crippen LogP contribution is 2.27. The van der Waals surface area contributed by atoms with Gasteiger partial charge in [0.05, 0.1) is 30.8 Å². The molecule has 1 aliphatic rings. The molecule has 5 nitrogen and oxygen atoms in total. The smallest absolute Gasteiger partial charge is 0.254 e. The van der Waals surface area contributed by atoms with Crippen LogP contribution in [0.5, 0.6) is 5.75 Å². The third-order valence-corrected chi connectivity index (χ3v) is 4.22. The number of pyridine rings is 1. The number of benzene rings is 1. The van der Waals surface area contributed by atoms with Crippen molar-refractivity contribution < 1.29 is 14.6 Å². The van der Waals surface area contributed by atoms with Gasteiger partial charge in [-0.3, -0.25) is 9.78 Å². The minimum Gasteiger partial charge on any atom is -0.497 e. The maximum atomic E-state index is 12.9. The van der Waals surface area contributed by atoms with Crippen LogP contribution in [0.3, 0.4) is 0 Å². The quantitative estimate of drug-likeness (QED) is 0.943. The standard InChI is InChI=1S/C17H20N2O3/c1-11-8-15(17(21)19-7-3-4-12(19)10-20)14-6-5-13(22-2)9-16(14)18-11/h5-6,8-9,12,20H,3-4,7,10H2,1-2H3/t12-/m1/s1. The van der Waals surface area contributed by atoms with Crippen molar-refractivity contribution in [1.82, 2.24) is 9.88 Å². The van der Waals surface area contributed by atoms with Crippen molar-refractivity contribution in [3.63, 3.8) is 0 Å². The summed E-state index contributed by atoms with van der Waals surface area (Å²) in [6, 6.07) is 7.30. The number of methoxy groups -OCH3 is 1. The summed E-state index contributed by atoms with van der Waals surface area (Å²) in [7, 11) is 1.61. The predicted molar refractivity (Wildman–Crippen MR) is 84.2 cm³/mol. The minimum atomic E-state index is -0.0748. The zero-order valence-electron chi connectivity index (χ0n) is 12.9. The highest BCUT2D eigenvalue weighted by atomic mass is 16.5.